The molecule has 0 heterocycles. The Bertz CT molecular complexity index is 880. The molecule has 6 nitrogen and oxygen atoms in total. The van der Waals surface area contributed by atoms with E-state index in [2.05, 4.69) is 20.7 Å². The van der Waals surface area contributed by atoms with Crippen LogP contribution in [0.4, 0.5) is 5.69 Å². The smallest absolute Gasteiger partial charge is 0.265 e. The standard InChI is InChI=1S/C16H16BrNO5S/c1-3-23-14-7-6-12(17)9-15(14)24(21,22)18-13-8-11(16(19)20)5-4-10(13)2/h4-9,18H,3H2,1-2H3,(H,19,20)/p-1. The predicted octanol–water partition coefficient (Wildman–Crippen LogP) is 2.32. The largest absolute Gasteiger partial charge is 0.545 e. The molecule has 0 atom stereocenters. The molecular formula is C16H15BrNO5S-. The predicted molar refractivity (Wildman–Crippen MR) is 91.6 cm³/mol. The summed E-state index contributed by atoms with van der Waals surface area (Å²) in [6.45, 7) is 3.73. The second-order valence-corrected chi connectivity index (χ2v) is 7.51. The number of ether oxygens (including phenoxy) is 1. The minimum atomic E-state index is -3.97. The van der Waals surface area contributed by atoms with Crippen molar-refractivity contribution >= 4 is 37.6 Å². The summed E-state index contributed by atoms with van der Waals surface area (Å²) in [5.74, 6) is -1.17. The number of carbonyl (C=O) groups excluding carboxylic acids is 1. The average molecular weight is 413 g/mol. The fraction of sp³-hybridized carbons (Fsp3) is 0.188. The zero-order valence-electron chi connectivity index (χ0n) is 13.0. The van der Waals surface area contributed by atoms with Gasteiger partial charge in [0, 0.05) is 4.47 Å². The third-order valence-electron chi connectivity index (χ3n) is 3.21. The molecule has 8 heteroatoms. The van der Waals surface area contributed by atoms with E-state index in [4.69, 9.17) is 4.74 Å². The summed E-state index contributed by atoms with van der Waals surface area (Å²) in [4.78, 5) is 10.9. The molecule has 0 amide bonds. The van der Waals surface area contributed by atoms with Crippen molar-refractivity contribution in [3.8, 4) is 5.75 Å². The molecule has 0 unspecified atom stereocenters. The van der Waals surface area contributed by atoms with Gasteiger partial charge in [0.15, 0.2) is 0 Å². The number of carboxylic acids is 1. The van der Waals surface area contributed by atoms with Crippen LogP contribution in [0.5, 0.6) is 5.75 Å². The highest BCUT2D eigenvalue weighted by atomic mass is 79.9. The van der Waals surface area contributed by atoms with E-state index < -0.39 is 16.0 Å². The first-order valence-corrected chi connectivity index (χ1v) is 9.29. The van der Waals surface area contributed by atoms with E-state index in [1.807, 2.05) is 0 Å². The van der Waals surface area contributed by atoms with Crippen LogP contribution in [-0.2, 0) is 10.0 Å². The van der Waals surface area contributed by atoms with E-state index in [1.165, 1.54) is 24.3 Å². The fourth-order valence-corrected chi connectivity index (χ4v) is 3.83. The second kappa shape index (κ2) is 7.23. The van der Waals surface area contributed by atoms with Crippen LogP contribution < -0.4 is 14.6 Å². The Labute approximate surface area is 148 Å². The molecule has 24 heavy (non-hydrogen) atoms. The van der Waals surface area contributed by atoms with Crippen molar-refractivity contribution in [2.24, 2.45) is 0 Å². The second-order valence-electron chi connectivity index (χ2n) is 4.95. The summed E-state index contributed by atoms with van der Waals surface area (Å²) in [5.41, 5.74) is 0.633. The topological polar surface area (TPSA) is 95.5 Å². The highest BCUT2D eigenvalue weighted by Gasteiger charge is 2.21. The number of hydrogen-bond donors (Lipinski definition) is 1. The molecule has 0 fully saturated rings. The first-order valence-electron chi connectivity index (χ1n) is 7.01. The van der Waals surface area contributed by atoms with E-state index in [0.29, 0.717) is 16.6 Å². The third-order valence-corrected chi connectivity index (χ3v) is 5.09. The van der Waals surface area contributed by atoms with E-state index in [9.17, 15) is 18.3 Å². The van der Waals surface area contributed by atoms with Gasteiger partial charge in [0.25, 0.3) is 10.0 Å². The van der Waals surface area contributed by atoms with Gasteiger partial charge >= 0.3 is 0 Å². The molecular weight excluding hydrogens is 398 g/mol. The SMILES string of the molecule is CCOc1ccc(Br)cc1S(=O)(=O)Nc1cc(C(=O)[O-])ccc1C. The molecule has 0 saturated heterocycles. The van der Waals surface area contributed by atoms with Crippen molar-refractivity contribution in [3.63, 3.8) is 0 Å². The van der Waals surface area contributed by atoms with Gasteiger partial charge in [-0.3, -0.25) is 4.72 Å². The lowest BCUT2D eigenvalue weighted by Crippen LogP contribution is -2.23. The summed E-state index contributed by atoms with van der Waals surface area (Å²) < 4.78 is 33.8. The molecule has 0 aromatic heterocycles. The van der Waals surface area contributed by atoms with Crippen LogP contribution in [0.2, 0.25) is 0 Å². The van der Waals surface area contributed by atoms with Crippen molar-refractivity contribution in [3.05, 3.63) is 52.0 Å². The van der Waals surface area contributed by atoms with Gasteiger partial charge in [-0.15, -0.1) is 0 Å². The van der Waals surface area contributed by atoms with Crippen molar-refractivity contribution in [1.29, 1.82) is 0 Å². The van der Waals surface area contributed by atoms with E-state index in [1.54, 1.807) is 26.0 Å². The molecule has 1 N–H and O–H groups in total. The van der Waals surface area contributed by atoms with E-state index in [0.717, 1.165) is 0 Å². The Morgan fingerprint density at radius 1 is 1.25 bits per heavy atom. The van der Waals surface area contributed by atoms with Gasteiger partial charge in [-0.1, -0.05) is 28.1 Å². The van der Waals surface area contributed by atoms with Crippen LogP contribution >= 0.6 is 15.9 Å². The molecule has 2 rings (SSSR count). The Hall–Kier alpha value is -2.06. The molecule has 0 bridgehead atoms. The van der Waals surface area contributed by atoms with Gasteiger partial charge in [0.05, 0.1) is 18.3 Å². The van der Waals surface area contributed by atoms with Crippen LogP contribution in [0.15, 0.2) is 45.8 Å². The summed E-state index contributed by atoms with van der Waals surface area (Å²) in [6.07, 6.45) is 0. The number of carboxylic acid groups (broad SMARTS) is 1. The number of nitrogens with one attached hydrogen (secondary N) is 1. The number of carbonyl (C=O) groups is 1. The van der Waals surface area contributed by atoms with Gasteiger partial charge in [0.2, 0.25) is 0 Å². The minimum absolute atomic E-state index is 0.0445. The highest BCUT2D eigenvalue weighted by Crippen LogP contribution is 2.30. The maximum Gasteiger partial charge on any atom is 0.265 e. The number of sulfonamides is 1. The third kappa shape index (κ3) is 4.07. The van der Waals surface area contributed by atoms with Gasteiger partial charge in [-0.2, -0.15) is 0 Å². The summed E-state index contributed by atoms with van der Waals surface area (Å²) >= 11 is 3.24. The van der Waals surface area contributed by atoms with Crippen LogP contribution in [0.1, 0.15) is 22.8 Å². The first kappa shape index (κ1) is 18.3. The lowest BCUT2D eigenvalue weighted by molar-refractivity contribution is -0.255. The van der Waals surface area contributed by atoms with E-state index >= 15 is 0 Å². The minimum Gasteiger partial charge on any atom is -0.545 e. The number of aromatic carboxylic acids is 1. The zero-order chi connectivity index (χ0) is 17.9. The number of halogens is 1. The van der Waals surface area contributed by atoms with Gasteiger partial charge in [0.1, 0.15) is 10.6 Å². The monoisotopic (exact) mass is 412 g/mol. The molecule has 2 aromatic carbocycles. The molecule has 0 aliphatic rings. The normalized spacial score (nSPS) is 11.1. The maximum absolute atomic E-state index is 12.7. The number of benzene rings is 2. The highest BCUT2D eigenvalue weighted by molar-refractivity contribution is 9.10. The van der Waals surface area contributed by atoms with Crippen LogP contribution in [-0.4, -0.2) is 21.0 Å². The number of rotatable bonds is 6. The van der Waals surface area contributed by atoms with Gasteiger partial charge < -0.3 is 14.6 Å². The summed E-state index contributed by atoms with van der Waals surface area (Å²) in [5, 5.41) is 11.0. The van der Waals surface area contributed by atoms with Gasteiger partial charge in [-0.25, -0.2) is 8.42 Å². The number of hydrogen-bond acceptors (Lipinski definition) is 5. The molecule has 0 saturated carbocycles. The summed E-state index contributed by atoms with van der Waals surface area (Å²) in [6, 6.07) is 8.73. The summed E-state index contributed by atoms with van der Waals surface area (Å²) in [7, 11) is -3.97. The van der Waals surface area contributed by atoms with Crippen molar-refractivity contribution in [2.75, 3.05) is 11.3 Å². The van der Waals surface area contributed by atoms with Crippen LogP contribution in [0, 0.1) is 6.92 Å². The first-order chi connectivity index (χ1) is 11.2. The zero-order valence-corrected chi connectivity index (χ0v) is 15.4. The Kier molecular flexibility index (Phi) is 5.51. The molecule has 0 radical (unpaired) electrons. The number of anilines is 1. The lowest BCUT2D eigenvalue weighted by Gasteiger charge is -2.15. The maximum atomic E-state index is 12.7. The van der Waals surface area contributed by atoms with E-state index in [-0.39, 0.29) is 21.9 Å². The van der Waals surface area contributed by atoms with Crippen LogP contribution in [0.25, 0.3) is 0 Å². The van der Waals surface area contributed by atoms with Gasteiger partial charge in [-0.05, 0) is 49.2 Å². The molecule has 2 aromatic rings. The number of aryl methyl sites for hydroxylation is 1. The lowest BCUT2D eigenvalue weighted by atomic mass is 10.1. The molecule has 0 aliphatic carbocycles. The molecule has 0 spiro atoms. The molecule has 0 aliphatic heterocycles. The Balaban J connectivity index is 2.48. The average Bonchev–Trinajstić information content (AvgIpc) is 2.51. The Morgan fingerprint density at radius 2 is 1.96 bits per heavy atom. The fourth-order valence-electron chi connectivity index (χ4n) is 2.03. The quantitative estimate of drug-likeness (QED) is 0.784. The van der Waals surface area contributed by atoms with Crippen molar-refractivity contribution in [2.45, 2.75) is 18.7 Å². The van der Waals surface area contributed by atoms with Crippen molar-refractivity contribution < 1.29 is 23.1 Å². The van der Waals surface area contributed by atoms with Crippen molar-refractivity contribution in [1.82, 2.24) is 0 Å². The molecule has 128 valence electrons. The van der Waals surface area contributed by atoms with Crippen LogP contribution in [0.3, 0.4) is 0 Å². The Morgan fingerprint density at radius 3 is 2.58 bits per heavy atom.